The molecular formula is C16H19FN2O2. The summed E-state index contributed by atoms with van der Waals surface area (Å²) >= 11 is 0. The van der Waals surface area contributed by atoms with Gasteiger partial charge in [0.15, 0.2) is 0 Å². The molecule has 21 heavy (non-hydrogen) atoms. The van der Waals surface area contributed by atoms with Gasteiger partial charge in [0.25, 0.3) is 0 Å². The molecule has 0 radical (unpaired) electrons. The highest BCUT2D eigenvalue weighted by Gasteiger charge is 2.21. The summed E-state index contributed by atoms with van der Waals surface area (Å²) < 4.78 is 24.3. The number of likely N-dealkylation sites (tertiary alicyclic amines) is 1. The Hall–Kier alpha value is -1.72. The summed E-state index contributed by atoms with van der Waals surface area (Å²) in [5.74, 6) is -0.201. The summed E-state index contributed by atoms with van der Waals surface area (Å²) in [5, 5.41) is 3.93. The average Bonchev–Trinajstić information content (AvgIpc) is 3.00. The Morgan fingerprint density at radius 2 is 2.24 bits per heavy atom. The summed E-state index contributed by atoms with van der Waals surface area (Å²) in [4.78, 5) is 2.30. The van der Waals surface area contributed by atoms with Crippen molar-refractivity contribution in [3.05, 3.63) is 53.7 Å². The number of nitrogens with zero attached hydrogens (tertiary/aromatic N) is 2. The van der Waals surface area contributed by atoms with Crippen LogP contribution in [-0.2, 0) is 17.9 Å². The van der Waals surface area contributed by atoms with E-state index in [9.17, 15) is 4.39 Å². The molecule has 0 unspecified atom stereocenters. The van der Waals surface area contributed by atoms with Crippen molar-refractivity contribution in [1.82, 2.24) is 10.1 Å². The molecule has 1 atom stereocenters. The highest BCUT2D eigenvalue weighted by Crippen LogP contribution is 2.17. The quantitative estimate of drug-likeness (QED) is 0.848. The van der Waals surface area contributed by atoms with E-state index in [4.69, 9.17) is 9.26 Å². The van der Waals surface area contributed by atoms with E-state index < -0.39 is 0 Å². The number of piperidine rings is 1. The van der Waals surface area contributed by atoms with Crippen molar-refractivity contribution in [2.24, 2.45) is 0 Å². The molecule has 3 rings (SSSR count). The molecule has 2 aromatic rings. The van der Waals surface area contributed by atoms with Gasteiger partial charge in [0.2, 0.25) is 0 Å². The fourth-order valence-electron chi connectivity index (χ4n) is 2.66. The zero-order valence-corrected chi connectivity index (χ0v) is 11.9. The van der Waals surface area contributed by atoms with Crippen LogP contribution in [0.1, 0.15) is 24.1 Å². The molecular weight excluding hydrogens is 271 g/mol. The summed E-state index contributed by atoms with van der Waals surface area (Å²) in [7, 11) is 0. The van der Waals surface area contributed by atoms with Crippen LogP contribution in [0, 0.1) is 5.82 Å². The minimum absolute atomic E-state index is 0.144. The van der Waals surface area contributed by atoms with E-state index in [1.807, 2.05) is 12.1 Å². The number of rotatable bonds is 5. The standard InChI is InChI=1S/C16H19FN2O2/c17-16-6-2-1-4-13(16)12-20-15-5-3-8-19(11-15)10-14-7-9-21-18-14/h1-2,4,6-7,9,15H,3,5,8,10-12H2/t15-/m0/s1. The zero-order valence-electron chi connectivity index (χ0n) is 11.9. The Kier molecular flexibility index (Phi) is 4.62. The average molecular weight is 290 g/mol. The number of ether oxygens (including phenoxy) is 1. The Bertz CT molecular complexity index is 559. The fourth-order valence-corrected chi connectivity index (χ4v) is 2.66. The molecule has 1 fully saturated rings. The lowest BCUT2D eigenvalue weighted by Crippen LogP contribution is -2.39. The molecule has 1 aliphatic heterocycles. The van der Waals surface area contributed by atoms with E-state index in [0.717, 1.165) is 38.2 Å². The highest BCUT2D eigenvalue weighted by atomic mass is 19.1. The first kappa shape index (κ1) is 14.2. The molecule has 5 heteroatoms. The second-order valence-electron chi connectivity index (χ2n) is 5.39. The monoisotopic (exact) mass is 290 g/mol. The first-order valence-corrected chi connectivity index (χ1v) is 7.28. The van der Waals surface area contributed by atoms with Crippen molar-refractivity contribution in [2.45, 2.75) is 32.1 Å². The largest absolute Gasteiger partial charge is 0.372 e. The van der Waals surface area contributed by atoms with E-state index in [0.29, 0.717) is 12.2 Å². The smallest absolute Gasteiger partial charge is 0.128 e. The van der Waals surface area contributed by atoms with Gasteiger partial charge in [-0.25, -0.2) is 4.39 Å². The van der Waals surface area contributed by atoms with Crippen LogP contribution in [0.3, 0.4) is 0 Å². The molecule has 2 heterocycles. The van der Waals surface area contributed by atoms with Crippen molar-refractivity contribution in [1.29, 1.82) is 0 Å². The Balaban J connectivity index is 1.51. The molecule has 1 saturated heterocycles. The lowest BCUT2D eigenvalue weighted by molar-refractivity contribution is -0.0134. The summed E-state index contributed by atoms with van der Waals surface area (Å²) in [6.07, 6.45) is 3.83. The number of aromatic nitrogens is 1. The van der Waals surface area contributed by atoms with Crippen LogP contribution < -0.4 is 0 Å². The third-order valence-corrected chi connectivity index (χ3v) is 3.77. The van der Waals surface area contributed by atoms with Crippen LogP contribution in [0.25, 0.3) is 0 Å². The zero-order chi connectivity index (χ0) is 14.5. The topological polar surface area (TPSA) is 38.5 Å². The SMILES string of the molecule is Fc1ccccc1CO[C@H]1CCCN(Cc2ccon2)C1. The van der Waals surface area contributed by atoms with Gasteiger partial charge >= 0.3 is 0 Å². The normalized spacial score (nSPS) is 19.8. The van der Waals surface area contributed by atoms with Crippen molar-refractivity contribution in [2.75, 3.05) is 13.1 Å². The van der Waals surface area contributed by atoms with E-state index in [2.05, 4.69) is 10.1 Å². The number of hydrogen-bond acceptors (Lipinski definition) is 4. The molecule has 0 amide bonds. The minimum atomic E-state index is -0.201. The van der Waals surface area contributed by atoms with Gasteiger partial charge in [-0.2, -0.15) is 0 Å². The van der Waals surface area contributed by atoms with Gasteiger partial charge in [0, 0.05) is 24.7 Å². The molecule has 0 aliphatic carbocycles. The first-order chi connectivity index (χ1) is 10.3. The minimum Gasteiger partial charge on any atom is -0.372 e. The maximum Gasteiger partial charge on any atom is 0.128 e. The van der Waals surface area contributed by atoms with Crippen LogP contribution in [0.15, 0.2) is 41.1 Å². The molecule has 4 nitrogen and oxygen atoms in total. The van der Waals surface area contributed by atoms with Gasteiger partial charge in [-0.05, 0) is 25.5 Å². The van der Waals surface area contributed by atoms with Gasteiger partial charge in [0.1, 0.15) is 12.1 Å². The highest BCUT2D eigenvalue weighted by molar-refractivity contribution is 5.16. The number of benzene rings is 1. The molecule has 1 aromatic heterocycles. The van der Waals surface area contributed by atoms with Crippen molar-refractivity contribution in [3.8, 4) is 0 Å². The lowest BCUT2D eigenvalue weighted by Gasteiger charge is -2.32. The van der Waals surface area contributed by atoms with Crippen LogP contribution in [0.5, 0.6) is 0 Å². The Morgan fingerprint density at radius 1 is 1.33 bits per heavy atom. The van der Waals surface area contributed by atoms with Gasteiger partial charge in [-0.15, -0.1) is 0 Å². The van der Waals surface area contributed by atoms with Crippen LogP contribution in [0.2, 0.25) is 0 Å². The molecule has 0 spiro atoms. The summed E-state index contributed by atoms with van der Waals surface area (Å²) in [5.41, 5.74) is 1.55. The molecule has 0 saturated carbocycles. The molecule has 1 aliphatic rings. The van der Waals surface area contributed by atoms with Crippen LogP contribution >= 0.6 is 0 Å². The summed E-state index contributed by atoms with van der Waals surface area (Å²) in [6.45, 7) is 2.99. The number of halogens is 1. The fraction of sp³-hybridized carbons (Fsp3) is 0.438. The molecule has 1 aromatic carbocycles. The lowest BCUT2D eigenvalue weighted by atomic mass is 10.1. The number of hydrogen-bond donors (Lipinski definition) is 0. The van der Waals surface area contributed by atoms with E-state index >= 15 is 0 Å². The molecule has 0 bridgehead atoms. The van der Waals surface area contributed by atoms with Crippen molar-refractivity contribution >= 4 is 0 Å². The van der Waals surface area contributed by atoms with E-state index in [1.165, 1.54) is 6.07 Å². The second kappa shape index (κ2) is 6.83. The van der Waals surface area contributed by atoms with E-state index in [1.54, 1.807) is 18.4 Å². The molecule has 112 valence electrons. The maximum atomic E-state index is 13.6. The van der Waals surface area contributed by atoms with Crippen LogP contribution in [0.4, 0.5) is 4.39 Å². The van der Waals surface area contributed by atoms with E-state index in [-0.39, 0.29) is 11.9 Å². The van der Waals surface area contributed by atoms with Gasteiger partial charge in [-0.1, -0.05) is 23.4 Å². The van der Waals surface area contributed by atoms with Gasteiger partial charge in [0.05, 0.1) is 18.4 Å². The predicted molar refractivity (Wildman–Crippen MR) is 76.0 cm³/mol. The Morgan fingerprint density at radius 3 is 3.05 bits per heavy atom. The van der Waals surface area contributed by atoms with Gasteiger partial charge in [-0.3, -0.25) is 4.90 Å². The molecule has 0 N–H and O–H groups in total. The van der Waals surface area contributed by atoms with Crippen LogP contribution in [-0.4, -0.2) is 29.3 Å². The van der Waals surface area contributed by atoms with Crippen molar-refractivity contribution < 1.29 is 13.7 Å². The van der Waals surface area contributed by atoms with Crippen molar-refractivity contribution in [3.63, 3.8) is 0 Å². The van der Waals surface area contributed by atoms with Gasteiger partial charge < -0.3 is 9.26 Å². The predicted octanol–water partition coefficient (Wildman–Crippen LogP) is 2.99. The summed E-state index contributed by atoms with van der Waals surface area (Å²) in [6, 6.07) is 8.64. The first-order valence-electron chi connectivity index (χ1n) is 7.28. The third-order valence-electron chi connectivity index (χ3n) is 3.77. The third kappa shape index (κ3) is 3.89. The maximum absolute atomic E-state index is 13.6. The Labute approximate surface area is 123 Å². The second-order valence-corrected chi connectivity index (χ2v) is 5.39.